The van der Waals surface area contributed by atoms with Crippen molar-refractivity contribution < 1.29 is 4.11 Å². The van der Waals surface area contributed by atoms with Gasteiger partial charge in [-0.1, -0.05) is 12.1 Å². The fourth-order valence-electron chi connectivity index (χ4n) is 5.00. The number of nitrogens with two attached hydrogens (primary N) is 1. The Kier molecular flexibility index (Phi) is 5.97. The van der Waals surface area contributed by atoms with Gasteiger partial charge in [-0.05, 0) is 60.9 Å². The van der Waals surface area contributed by atoms with E-state index in [4.69, 9.17) is 20.1 Å². The van der Waals surface area contributed by atoms with Crippen LogP contribution >= 0.6 is 0 Å². The number of fused-ring (bicyclic) bond motifs is 1. The van der Waals surface area contributed by atoms with Crippen molar-refractivity contribution >= 4 is 28.6 Å². The third kappa shape index (κ3) is 5.12. The molecule has 11 nitrogen and oxygen atoms in total. The highest BCUT2D eigenvalue weighted by Crippen LogP contribution is 2.31. The smallest absolute Gasteiger partial charge is 0.234 e. The molecule has 4 N–H and O–H groups in total. The molecule has 0 amide bonds. The number of aromatic nitrogens is 6. The number of hydrogen-bond donors (Lipinski definition) is 3. The second-order valence-electron chi connectivity index (χ2n) is 9.61. The van der Waals surface area contributed by atoms with Crippen LogP contribution in [-0.2, 0) is 6.54 Å². The van der Waals surface area contributed by atoms with Crippen molar-refractivity contribution in [3.05, 3.63) is 78.4 Å². The molecule has 0 unspecified atom stereocenters. The Balaban J connectivity index is 1.21. The van der Waals surface area contributed by atoms with Crippen LogP contribution in [0.4, 0.5) is 17.5 Å². The molecule has 5 heterocycles. The zero-order valence-electron chi connectivity index (χ0n) is 24.6. The number of pyridine rings is 2. The zero-order chi connectivity index (χ0) is 30.0. The van der Waals surface area contributed by atoms with Gasteiger partial charge in [-0.3, -0.25) is 9.47 Å². The summed E-state index contributed by atoms with van der Waals surface area (Å²) in [5.41, 5.74) is 9.95. The number of anilines is 3. The predicted molar refractivity (Wildman–Crippen MR) is 155 cm³/mol. The van der Waals surface area contributed by atoms with Gasteiger partial charge in [0.05, 0.1) is 5.56 Å². The normalized spacial score (nSPS) is 15.6. The van der Waals surface area contributed by atoms with Crippen LogP contribution in [0.3, 0.4) is 0 Å². The number of nitrogen functional groups attached to an aromatic ring is 1. The van der Waals surface area contributed by atoms with Gasteiger partial charge in [-0.25, -0.2) is 24.9 Å². The molecule has 1 fully saturated rings. The number of nitriles is 1. The van der Waals surface area contributed by atoms with Crippen LogP contribution in [0.25, 0.3) is 28.2 Å². The molecule has 0 bridgehead atoms. The van der Waals surface area contributed by atoms with Crippen molar-refractivity contribution in [2.45, 2.75) is 25.4 Å². The fourth-order valence-corrected chi connectivity index (χ4v) is 5.00. The molecule has 0 atom stereocenters. The fraction of sp³-hybridized carbons (Fsp3) is 0.241. The lowest BCUT2D eigenvalue weighted by Crippen LogP contribution is -2.38. The summed E-state index contributed by atoms with van der Waals surface area (Å²) in [4.78, 5) is 24.2. The Morgan fingerprint density at radius 2 is 1.85 bits per heavy atom. The lowest BCUT2D eigenvalue weighted by molar-refractivity contribution is 0.211. The average Bonchev–Trinajstić information content (AvgIpc) is 3.36. The maximum absolute atomic E-state index is 9.04. The molecule has 0 aliphatic carbocycles. The third-order valence-corrected chi connectivity index (χ3v) is 7.01. The Morgan fingerprint density at radius 3 is 2.62 bits per heavy atom. The molecule has 4 aromatic heterocycles. The first-order valence-corrected chi connectivity index (χ1v) is 13.0. The van der Waals surface area contributed by atoms with Gasteiger partial charge in [0.2, 0.25) is 5.82 Å². The summed E-state index contributed by atoms with van der Waals surface area (Å²) < 4.78 is 24.6. The molecular weight excluding hydrogens is 502 g/mol. The molecule has 1 aromatic carbocycles. The summed E-state index contributed by atoms with van der Waals surface area (Å²) in [6.45, 7) is 0.271. The van der Waals surface area contributed by atoms with E-state index in [1.807, 2.05) is 28.8 Å². The van der Waals surface area contributed by atoms with Gasteiger partial charge in [-0.2, -0.15) is 5.26 Å². The minimum atomic E-state index is -2.38. The quantitative estimate of drug-likeness (QED) is 0.281. The number of piperidine rings is 1. The van der Waals surface area contributed by atoms with E-state index in [1.54, 1.807) is 36.7 Å². The summed E-state index contributed by atoms with van der Waals surface area (Å²) in [6.07, 6.45) is 5.13. The van der Waals surface area contributed by atoms with Crippen molar-refractivity contribution in [1.29, 1.82) is 5.26 Å². The van der Waals surface area contributed by atoms with Gasteiger partial charge >= 0.3 is 0 Å². The van der Waals surface area contributed by atoms with Crippen molar-refractivity contribution in [2.24, 2.45) is 0 Å². The number of rotatable bonds is 7. The number of likely N-dealkylation sites (tertiary alicyclic amines) is 1. The predicted octanol–water partition coefficient (Wildman–Crippen LogP) is 3.84. The van der Waals surface area contributed by atoms with Gasteiger partial charge in [0.1, 0.15) is 29.0 Å². The highest BCUT2D eigenvalue weighted by molar-refractivity contribution is 5.83. The average molecular weight is 535 g/mol. The summed E-state index contributed by atoms with van der Waals surface area (Å²) in [6, 6.07) is 19.2. The van der Waals surface area contributed by atoms with Crippen LogP contribution < -0.4 is 16.4 Å². The molecule has 11 heteroatoms. The summed E-state index contributed by atoms with van der Waals surface area (Å²) in [7, 11) is 0. The third-order valence-electron chi connectivity index (χ3n) is 7.01. The Bertz CT molecular complexity index is 1790. The van der Waals surface area contributed by atoms with E-state index in [2.05, 4.69) is 47.6 Å². The van der Waals surface area contributed by atoms with Gasteiger partial charge in [0.25, 0.3) is 0 Å². The van der Waals surface area contributed by atoms with Crippen LogP contribution in [0.15, 0.2) is 67.0 Å². The summed E-state index contributed by atoms with van der Waals surface area (Å²) in [5.74, 6) is 1.95. The second-order valence-corrected chi connectivity index (χ2v) is 9.61. The van der Waals surface area contributed by atoms with Gasteiger partial charge in [0, 0.05) is 54.8 Å². The monoisotopic (exact) mass is 534 g/mol. The van der Waals surface area contributed by atoms with E-state index in [-0.39, 0.29) is 17.7 Å². The van der Waals surface area contributed by atoms with Crippen molar-refractivity contribution in [1.82, 2.24) is 34.4 Å². The highest BCUT2D eigenvalue weighted by Gasteiger charge is 2.21. The lowest BCUT2D eigenvalue weighted by atomic mass is 10.0. The lowest BCUT2D eigenvalue weighted by Gasteiger charge is -2.32. The van der Waals surface area contributed by atoms with Crippen LogP contribution in [0.2, 0.25) is 0 Å². The van der Waals surface area contributed by atoms with E-state index in [0.29, 0.717) is 34.2 Å². The topological polar surface area (TPSA) is 146 Å². The maximum atomic E-state index is 9.04. The largest absolute Gasteiger partial charge is 0.383 e. The van der Waals surface area contributed by atoms with E-state index < -0.39 is 6.98 Å². The standard InChI is InChI=1S/C29H29N11/c1-32-24-9-8-23-29(38-24)40(28(36-23)22-3-2-13-34-27(22)31)21-6-4-19(5-7-21)18-39-15-11-20(12-16-39)35-25-10-14-33-26(17-30)37-25/h2-10,13-14,20H,11-12,15-16,18H2,1H3,(H2,31,34)(H,32,38)(H,33,35,37)/i1D3. The molecule has 200 valence electrons. The molecule has 1 aliphatic rings. The maximum Gasteiger partial charge on any atom is 0.234 e. The SMILES string of the molecule is [2H]C([2H])([2H])Nc1ccc2nc(-c3cccnc3N)n(-c3ccc(CN4CCC(Nc5ccnc(C#N)n5)CC4)cc3)c2n1. The van der Waals surface area contributed by atoms with E-state index in [0.717, 1.165) is 43.7 Å². The first-order chi connectivity index (χ1) is 20.8. The molecule has 40 heavy (non-hydrogen) atoms. The van der Waals surface area contributed by atoms with Crippen molar-refractivity contribution in [2.75, 3.05) is 36.4 Å². The van der Waals surface area contributed by atoms with Gasteiger partial charge in [-0.15, -0.1) is 0 Å². The van der Waals surface area contributed by atoms with Crippen molar-refractivity contribution in [3.63, 3.8) is 0 Å². The molecule has 1 saturated heterocycles. The van der Waals surface area contributed by atoms with E-state index in [1.165, 1.54) is 0 Å². The zero-order valence-corrected chi connectivity index (χ0v) is 21.6. The minimum Gasteiger partial charge on any atom is -0.383 e. The molecule has 5 aromatic rings. The van der Waals surface area contributed by atoms with Crippen LogP contribution in [0, 0.1) is 11.3 Å². The number of hydrogen-bond acceptors (Lipinski definition) is 10. The highest BCUT2D eigenvalue weighted by atomic mass is 15.2. The Hall–Kier alpha value is -5.08. The summed E-state index contributed by atoms with van der Waals surface area (Å²) >= 11 is 0. The molecule has 0 radical (unpaired) electrons. The molecular formula is C29H29N11. The van der Waals surface area contributed by atoms with Crippen LogP contribution in [-0.4, -0.2) is 60.5 Å². The molecule has 1 aliphatic heterocycles. The molecule has 6 rings (SSSR count). The second kappa shape index (κ2) is 11.0. The Morgan fingerprint density at radius 1 is 1.00 bits per heavy atom. The number of benzene rings is 1. The number of imidazole rings is 1. The van der Waals surface area contributed by atoms with Gasteiger partial charge in [0.15, 0.2) is 11.5 Å². The molecule has 0 saturated carbocycles. The van der Waals surface area contributed by atoms with E-state index in [9.17, 15) is 0 Å². The first-order valence-electron chi connectivity index (χ1n) is 14.5. The van der Waals surface area contributed by atoms with Crippen molar-refractivity contribution in [3.8, 4) is 23.1 Å². The summed E-state index contributed by atoms with van der Waals surface area (Å²) in [5, 5.41) is 14.9. The first kappa shape index (κ1) is 21.8. The van der Waals surface area contributed by atoms with E-state index >= 15 is 0 Å². The Labute approximate surface area is 236 Å². The number of nitrogens with zero attached hydrogens (tertiary/aromatic N) is 8. The minimum absolute atomic E-state index is 0.161. The molecule has 0 spiro atoms. The number of nitrogens with one attached hydrogen (secondary N) is 2. The van der Waals surface area contributed by atoms with Crippen LogP contribution in [0.5, 0.6) is 0 Å². The van der Waals surface area contributed by atoms with Crippen LogP contribution in [0.1, 0.15) is 28.3 Å². The van der Waals surface area contributed by atoms with Gasteiger partial charge < -0.3 is 16.4 Å².